The van der Waals surface area contributed by atoms with Gasteiger partial charge in [-0.1, -0.05) is 24.3 Å². The number of carbonyl (C=O) groups is 2. The van der Waals surface area contributed by atoms with E-state index in [0.29, 0.717) is 28.6 Å². The van der Waals surface area contributed by atoms with Crippen molar-refractivity contribution in [1.82, 2.24) is 9.78 Å². The Morgan fingerprint density at radius 3 is 2.62 bits per heavy atom. The number of para-hydroxylation sites is 1. The van der Waals surface area contributed by atoms with E-state index in [2.05, 4.69) is 15.7 Å². The van der Waals surface area contributed by atoms with Crippen molar-refractivity contribution in [2.24, 2.45) is 0 Å². The number of rotatable bonds is 5. The van der Waals surface area contributed by atoms with Crippen LogP contribution in [0.15, 0.2) is 54.7 Å². The number of nitrogens with one attached hydrogen (secondary N) is 2. The lowest BCUT2D eigenvalue weighted by Crippen LogP contribution is -2.35. The third-order valence-corrected chi connectivity index (χ3v) is 4.77. The predicted molar refractivity (Wildman–Crippen MR) is 108 cm³/mol. The molecule has 0 saturated heterocycles. The molecule has 0 bridgehead atoms. The minimum Gasteiger partial charge on any atom is -0.493 e. The van der Waals surface area contributed by atoms with E-state index in [9.17, 15) is 9.59 Å². The number of nitrogens with zero attached hydrogens (tertiary/aromatic N) is 2. The third-order valence-electron chi connectivity index (χ3n) is 4.77. The van der Waals surface area contributed by atoms with Crippen LogP contribution >= 0.6 is 0 Å². The van der Waals surface area contributed by atoms with Crippen LogP contribution in [-0.4, -0.2) is 35.8 Å². The topological polar surface area (TPSA) is 94.5 Å². The van der Waals surface area contributed by atoms with Gasteiger partial charge in [0.2, 0.25) is 11.8 Å². The number of anilines is 2. The first kappa shape index (κ1) is 18.5. The number of hydrogen-bond acceptors (Lipinski definition) is 5. The van der Waals surface area contributed by atoms with Gasteiger partial charge in [-0.25, -0.2) is 4.68 Å². The van der Waals surface area contributed by atoms with Crippen molar-refractivity contribution in [3.05, 3.63) is 54.7 Å². The number of benzene rings is 2. The predicted octanol–water partition coefficient (Wildman–Crippen LogP) is 3.09. The molecule has 8 heteroatoms. The van der Waals surface area contributed by atoms with Crippen molar-refractivity contribution in [1.29, 1.82) is 0 Å². The zero-order valence-corrected chi connectivity index (χ0v) is 16.0. The minimum absolute atomic E-state index is 0.0126. The molecule has 29 heavy (non-hydrogen) atoms. The number of ether oxygens (including phenoxy) is 2. The lowest BCUT2D eigenvalue weighted by atomic mass is 10.1. The second-order valence-electron chi connectivity index (χ2n) is 6.54. The van der Waals surface area contributed by atoms with Crippen LogP contribution in [-0.2, 0) is 9.59 Å². The molecule has 4 rings (SSSR count). The molecule has 0 spiro atoms. The molecule has 1 aliphatic heterocycles. The number of methoxy groups -OCH3 is 2. The first-order valence-electron chi connectivity index (χ1n) is 9.06. The molecule has 2 heterocycles. The van der Waals surface area contributed by atoms with Gasteiger partial charge in [-0.2, -0.15) is 5.10 Å². The maximum atomic E-state index is 12.8. The number of hydrogen-bond donors (Lipinski definition) is 2. The molecule has 0 unspecified atom stereocenters. The molecule has 148 valence electrons. The smallest absolute Gasteiger partial charge is 0.249 e. The Morgan fingerprint density at radius 2 is 1.90 bits per heavy atom. The number of fused-ring (bicyclic) bond motifs is 1. The van der Waals surface area contributed by atoms with E-state index in [1.165, 1.54) is 0 Å². The van der Waals surface area contributed by atoms with Gasteiger partial charge in [0.25, 0.3) is 0 Å². The van der Waals surface area contributed by atoms with Crippen molar-refractivity contribution in [2.75, 3.05) is 24.9 Å². The van der Waals surface area contributed by atoms with Crippen LogP contribution in [0.1, 0.15) is 12.5 Å². The van der Waals surface area contributed by atoms with E-state index < -0.39 is 6.04 Å². The highest BCUT2D eigenvalue weighted by molar-refractivity contribution is 6.03. The molecule has 1 aromatic heterocycles. The van der Waals surface area contributed by atoms with Gasteiger partial charge in [-0.15, -0.1) is 0 Å². The quantitative estimate of drug-likeness (QED) is 0.696. The fourth-order valence-electron chi connectivity index (χ4n) is 3.33. The molecule has 0 aliphatic carbocycles. The Balaban J connectivity index is 1.68. The average molecular weight is 392 g/mol. The van der Waals surface area contributed by atoms with Gasteiger partial charge in [0.15, 0.2) is 11.5 Å². The molecule has 0 radical (unpaired) electrons. The number of aromatic nitrogens is 2. The van der Waals surface area contributed by atoms with Crippen molar-refractivity contribution in [3.63, 3.8) is 0 Å². The van der Waals surface area contributed by atoms with Crippen LogP contribution in [0.3, 0.4) is 0 Å². The van der Waals surface area contributed by atoms with Gasteiger partial charge in [-0.3, -0.25) is 9.59 Å². The summed E-state index contributed by atoms with van der Waals surface area (Å²) in [6.07, 6.45) is 1.64. The molecular weight excluding hydrogens is 372 g/mol. The highest BCUT2D eigenvalue weighted by Gasteiger charge is 2.33. The Hall–Kier alpha value is -3.81. The Labute approximate surface area is 167 Å². The lowest BCUT2D eigenvalue weighted by molar-refractivity contribution is -0.125. The molecule has 1 aliphatic rings. The van der Waals surface area contributed by atoms with E-state index in [4.69, 9.17) is 9.47 Å². The second kappa shape index (κ2) is 7.67. The molecule has 1 atom stereocenters. The molecule has 2 N–H and O–H groups in total. The van der Waals surface area contributed by atoms with Crippen LogP contribution < -0.4 is 20.1 Å². The van der Waals surface area contributed by atoms with E-state index in [0.717, 1.165) is 5.56 Å². The van der Waals surface area contributed by atoms with Crippen molar-refractivity contribution >= 4 is 23.3 Å². The summed E-state index contributed by atoms with van der Waals surface area (Å²) in [6, 6.07) is 13.8. The summed E-state index contributed by atoms with van der Waals surface area (Å²) in [5, 5.41) is 10.0. The first-order valence-corrected chi connectivity index (χ1v) is 9.06. The maximum absolute atomic E-state index is 12.8. The van der Waals surface area contributed by atoms with E-state index >= 15 is 0 Å². The van der Waals surface area contributed by atoms with Gasteiger partial charge in [0.1, 0.15) is 11.9 Å². The fourth-order valence-corrected chi connectivity index (χ4v) is 3.33. The van der Waals surface area contributed by atoms with E-state index in [-0.39, 0.29) is 18.2 Å². The summed E-state index contributed by atoms with van der Waals surface area (Å²) in [4.78, 5) is 25.1. The maximum Gasteiger partial charge on any atom is 0.249 e. The van der Waals surface area contributed by atoms with Gasteiger partial charge >= 0.3 is 0 Å². The largest absolute Gasteiger partial charge is 0.493 e. The van der Waals surface area contributed by atoms with Gasteiger partial charge in [-0.05, 0) is 29.8 Å². The number of amides is 2. The van der Waals surface area contributed by atoms with Crippen molar-refractivity contribution in [2.45, 2.75) is 12.5 Å². The summed E-state index contributed by atoms with van der Waals surface area (Å²) >= 11 is 0. The number of carbonyl (C=O) groups excluding carboxylic acids is 2. The van der Waals surface area contributed by atoms with Gasteiger partial charge < -0.3 is 20.1 Å². The van der Waals surface area contributed by atoms with Crippen molar-refractivity contribution in [3.8, 4) is 22.6 Å². The molecule has 8 nitrogen and oxygen atoms in total. The van der Waals surface area contributed by atoms with Crippen LogP contribution in [0.4, 0.5) is 11.5 Å². The van der Waals surface area contributed by atoms with Crippen LogP contribution in [0.2, 0.25) is 0 Å². The summed E-state index contributed by atoms with van der Waals surface area (Å²) in [5.41, 5.74) is 2.14. The molecule has 2 aromatic carbocycles. The normalized spacial score (nSPS) is 15.2. The second-order valence-corrected chi connectivity index (χ2v) is 6.54. The Kier molecular flexibility index (Phi) is 4.90. The molecule has 0 saturated carbocycles. The average Bonchev–Trinajstić information content (AvgIpc) is 3.17. The molecular formula is C21H20N4O4. The SMILES string of the molecule is COc1ccc(-c2cnn3c2NC(=O)C[C@H]3C(=O)Nc2ccccc2)cc1OC. The van der Waals surface area contributed by atoms with Gasteiger partial charge in [0, 0.05) is 11.3 Å². The van der Waals surface area contributed by atoms with Gasteiger partial charge in [0.05, 0.1) is 26.8 Å². The minimum atomic E-state index is -0.743. The van der Waals surface area contributed by atoms with E-state index in [1.54, 1.807) is 49.4 Å². The zero-order chi connectivity index (χ0) is 20.4. The molecule has 2 amide bonds. The highest BCUT2D eigenvalue weighted by Crippen LogP contribution is 2.38. The van der Waals surface area contributed by atoms with E-state index in [1.807, 2.05) is 24.3 Å². The Bertz CT molecular complexity index is 1060. The summed E-state index contributed by atoms with van der Waals surface area (Å²) in [6.45, 7) is 0. The summed E-state index contributed by atoms with van der Waals surface area (Å²) < 4.78 is 12.2. The summed E-state index contributed by atoms with van der Waals surface area (Å²) in [5.74, 6) is 1.09. The van der Waals surface area contributed by atoms with Crippen LogP contribution in [0.5, 0.6) is 11.5 Å². The monoisotopic (exact) mass is 392 g/mol. The third kappa shape index (κ3) is 3.52. The zero-order valence-electron chi connectivity index (χ0n) is 16.0. The standard InChI is InChI=1S/C21H20N4O4/c1-28-17-9-8-13(10-18(17)29-2)15-12-22-25-16(11-19(26)24-20(15)25)21(27)23-14-6-4-3-5-7-14/h3-10,12,16H,11H2,1-2H3,(H,23,27)(H,24,26)/t16-/m0/s1. The lowest BCUT2D eigenvalue weighted by Gasteiger charge is -2.24. The fraction of sp³-hybridized carbons (Fsp3) is 0.190. The molecule has 3 aromatic rings. The highest BCUT2D eigenvalue weighted by atomic mass is 16.5. The summed E-state index contributed by atoms with van der Waals surface area (Å²) in [7, 11) is 3.12. The first-order chi connectivity index (χ1) is 14.1. The molecule has 0 fully saturated rings. The Morgan fingerprint density at radius 1 is 1.14 bits per heavy atom. The van der Waals surface area contributed by atoms with Crippen molar-refractivity contribution < 1.29 is 19.1 Å². The van der Waals surface area contributed by atoms with Crippen LogP contribution in [0.25, 0.3) is 11.1 Å². The van der Waals surface area contributed by atoms with Crippen LogP contribution in [0, 0.1) is 0 Å².